The van der Waals surface area contributed by atoms with E-state index in [0.717, 1.165) is 0 Å². The number of halogens is 1. The number of hydrogen-bond donors (Lipinski definition) is 1. The predicted octanol–water partition coefficient (Wildman–Crippen LogP) is 4.17. The molecule has 0 spiro atoms. The maximum absolute atomic E-state index is 13.5. The molecule has 1 unspecified atom stereocenters. The van der Waals surface area contributed by atoms with Crippen LogP contribution >= 0.6 is 0 Å². The number of hydrogen-bond acceptors (Lipinski definition) is 6. The van der Waals surface area contributed by atoms with Crippen LogP contribution in [0.3, 0.4) is 0 Å². The summed E-state index contributed by atoms with van der Waals surface area (Å²) < 4.78 is 44.7. The number of carbonyl (C=O) groups excluding carboxylic acids is 1. The van der Waals surface area contributed by atoms with Gasteiger partial charge in [-0.3, -0.25) is 4.79 Å². The largest absolute Gasteiger partial charge is 0.497 e. The van der Waals surface area contributed by atoms with Crippen molar-refractivity contribution in [1.29, 1.82) is 0 Å². The molecule has 1 amide bonds. The van der Waals surface area contributed by atoms with Gasteiger partial charge in [-0.15, -0.1) is 0 Å². The molecule has 1 aliphatic heterocycles. The first-order chi connectivity index (χ1) is 16.7. The third-order valence-corrected chi connectivity index (χ3v) is 7.85. The molecular formula is C25H23FN4O4S. The second-order valence-corrected chi connectivity index (χ2v) is 10.8. The van der Waals surface area contributed by atoms with Crippen LogP contribution in [-0.2, 0) is 9.84 Å². The standard InChI is InChI=1S/C25H23FN4O4S/c1-15-23-21(25(31)27-18-4-3-5-20(12-18)34-2)13-22(16-6-8-17(26)9-7-16)28-24(23)30(29-15)19-10-11-35(32,33)14-19/h3-9,12-13,19H,10-11,14H2,1-2H3,(H,27,31). The van der Waals surface area contributed by atoms with Crippen molar-refractivity contribution in [1.82, 2.24) is 14.8 Å². The van der Waals surface area contributed by atoms with Gasteiger partial charge in [0.25, 0.3) is 5.91 Å². The zero-order valence-electron chi connectivity index (χ0n) is 19.2. The summed E-state index contributed by atoms with van der Waals surface area (Å²) in [5.41, 5.74) is 2.94. The minimum atomic E-state index is -3.17. The van der Waals surface area contributed by atoms with Gasteiger partial charge in [0.1, 0.15) is 11.6 Å². The Labute approximate surface area is 201 Å². The summed E-state index contributed by atoms with van der Waals surface area (Å²) in [6.07, 6.45) is 0.423. The van der Waals surface area contributed by atoms with E-state index in [9.17, 15) is 17.6 Å². The first-order valence-electron chi connectivity index (χ1n) is 11.1. The molecule has 180 valence electrons. The average molecular weight is 495 g/mol. The minimum absolute atomic E-state index is 0.0307. The van der Waals surface area contributed by atoms with Crippen molar-refractivity contribution < 1.29 is 22.3 Å². The molecule has 1 atom stereocenters. The lowest BCUT2D eigenvalue weighted by atomic mass is 10.0. The highest BCUT2D eigenvalue weighted by Crippen LogP contribution is 2.32. The summed E-state index contributed by atoms with van der Waals surface area (Å²) in [6.45, 7) is 1.77. The third-order valence-electron chi connectivity index (χ3n) is 6.10. The van der Waals surface area contributed by atoms with Crippen molar-refractivity contribution in [2.75, 3.05) is 23.9 Å². The van der Waals surface area contributed by atoms with E-state index in [1.54, 1.807) is 61.2 Å². The number of aromatic nitrogens is 3. The number of amides is 1. The van der Waals surface area contributed by atoms with Gasteiger partial charge in [0.15, 0.2) is 15.5 Å². The Balaban J connectivity index is 1.66. The number of aryl methyl sites for hydroxylation is 1. The topological polar surface area (TPSA) is 103 Å². The molecule has 3 heterocycles. The molecule has 2 aromatic carbocycles. The van der Waals surface area contributed by atoms with E-state index in [4.69, 9.17) is 9.72 Å². The number of ether oxygens (including phenoxy) is 1. The Morgan fingerprint density at radius 3 is 2.63 bits per heavy atom. The van der Waals surface area contributed by atoms with Crippen molar-refractivity contribution in [3.05, 3.63) is 71.7 Å². The minimum Gasteiger partial charge on any atom is -0.497 e. The SMILES string of the molecule is COc1cccc(NC(=O)c2cc(-c3ccc(F)cc3)nc3c2c(C)nn3C2CCS(=O)(=O)C2)c1. The van der Waals surface area contributed by atoms with Crippen molar-refractivity contribution in [2.45, 2.75) is 19.4 Å². The molecule has 1 saturated heterocycles. The second-order valence-electron chi connectivity index (χ2n) is 8.53. The molecule has 0 bridgehead atoms. The molecule has 5 rings (SSSR count). The van der Waals surface area contributed by atoms with Crippen LogP contribution in [0.1, 0.15) is 28.5 Å². The lowest BCUT2D eigenvalue weighted by Gasteiger charge is -2.13. The maximum Gasteiger partial charge on any atom is 0.256 e. The van der Waals surface area contributed by atoms with Crippen molar-refractivity contribution in [2.24, 2.45) is 0 Å². The first kappa shape index (κ1) is 23.0. The van der Waals surface area contributed by atoms with Crippen LogP contribution in [-0.4, -0.2) is 47.7 Å². The lowest BCUT2D eigenvalue weighted by molar-refractivity contribution is 0.102. The van der Waals surface area contributed by atoms with Crippen molar-refractivity contribution >= 4 is 32.5 Å². The molecule has 0 aliphatic carbocycles. The summed E-state index contributed by atoms with van der Waals surface area (Å²) in [7, 11) is -1.62. The molecule has 4 aromatic rings. The number of sulfone groups is 1. The highest BCUT2D eigenvalue weighted by Gasteiger charge is 2.32. The van der Waals surface area contributed by atoms with Gasteiger partial charge in [-0.1, -0.05) is 6.07 Å². The van der Waals surface area contributed by atoms with Gasteiger partial charge >= 0.3 is 0 Å². The Kier molecular flexibility index (Phi) is 5.76. The normalized spacial score (nSPS) is 16.9. The van der Waals surface area contributed by atoms with Crippen LogP contribution in [0.2, 0.25) is 0 Å². The zero-order chi connectivity index (χ0) is 24.7. The molecule has 8 nitrogen and oxygen atoms in total. The number of methoxy groups -OCH3 is 1. The Morgan fingerprint density at radius 2 is 1.94 bits per heavy atom. The number of anilines is 1. The average Bonchev–Trinajstić information content (AvgIpc) is 3.37. The smallest absolute Gasteiger partial charge is 0.256 e. The molecule has 35 heavy (non-hydrogen) atoms. The molecule has 0 saturated carbocycles. The Bertz CT molecular complexity index is 1550. The van der Waals surface area contributed by atoms with Gasteiger partial charge in [0, 0.05) is 17.3 Å². The number of benzene rings is 2. The van der Waals surface area contributed by atoms with Gasteiger partial charge in [-0.2, -0.15) is 5.10 Å². The second kappa shape index (κ2) is 8.77. The van der Waals surface area contributed by atoms with Gasteiger partial charge in [0.2, 0.25) is 0 Å². The van der Waals surface area contributed by atoms with E-state index in [0.29, 0.717) is 51.4 Å². The number of nitrogens with one attached hydrogen (secondary N) is 1. The van der Waals surface area contributed by atoms with Crippen LogP contribution in [0.4, 0.5) is 10.1 Å². The predicted molar refractivity (Wildman–Crippen MR) is 131 cm³/mol. The summed E-state index contributed by atoms with van der Waals surface area (Å²) in [4.78, 5) is 18.2. The van der Waals surface area contributed by atoms with Crippen LogP contribution in [0.25, 0.3) is 22.3 Å². The molecule has 1 fully saturated rings. The van der Waals surface area contributed by atoms with E-state index in [2.05, 4.69) is 10.4 Å². The number of carbonyl (C=O) groups is 1. The monoisotopic (exact) mass is 494 g/mol. The van der Waals surface area contributed by atoms with Crippen LogP contribution in [0.15, 0.2) is 54.6 Å². The van der Waals surface area contributed by atoms with E-state index >= 15 is 0 Å². The first-order valence-corrected chi connectivity index (χ1v) is 12.9. The van der Waals surface area contributed by atoms with Crippen molar-refractivity contribution in [3.63, 3.8) is 0 Å². The highest BCUT2D eigenvalue weighted by molar-refractivity contribution is 7.91. The number of pyridine rings is 1. The summed E-state index contributed by atoms with van der Waals surface area (Å²) in [5.74, 6) is -0.115. The van der Waals surface area contributed by atoms with E-state index in [1.807, 2.05) is 0 Å². The number of nitrogens with zero attached hydrogens (tertiary/aromatic N) is 3. The molecule has 10 heteroatoms. The van der Waals surface area contributed by atoms with Crippen LogP contribution in [0, 0.1) is 12.7 Å². The van der Waals surface area contributed by atoms with Gasteiger partial charge < -0.3 is 10.1 Å². The quantitative estimate of drug-likeness (QED) is 0.447. The number of fused-ring (bicyclic) bond motifs is 1. The van der Waals surface area contributed by atoms with Gasteiger partial charge in [-0.25, -0.2) is 22.5 Å². The number of rotatable bonds is 5. The zero-order valence-corrected chi connectivity index (χ0v) is 20.0. The fourth-order valence-electron chi connectivity index (χ4n) is 4.38. The van der Waals surface area contributed by atoms with E-state index in [1.165, 1.54) is 12.1 Å². The summed E-state index contributed by atoms with van der Waals surface area (Å²) in [5, 5.41) is 8.03. The molecule has 1 N–H and O–H groups in total. The third kappa shape index (κ3) is 4.49. The fraction of sp³-hybridized carbons (Fsp3) is 0.240. The van der Waals surface area contributed by atoms with E-state index < -0.39 is 9.84 Å². The summed E-state index contributed by atoms with van der Waals surface area (Å²) >= 11 is 0. The Hall–Kier alpha value is -3.79. The Morgan fingerprint density at radius 1 is 1.17 bits per heavy atom. The lowest BCUT2D eigenvalue weighted by Crippen LogP contribution is -2.15. The molecule has 2 aromatic heterocycles. The van der Waals surface area contributed by atoms with Crippen LogP contribution < -0.4 is 10.1 Å². The van der Waals surface area contributed by atoms with Gasteiger partial charge in [-0.05, 0) is 55.8 Å². The van der Waals surface area contributed by atoms with Gasteiger partial charge in [0.05, 0.1) is 47.0 Å². The van der Waals surface area contributed by atoms with E-state index in [-0.39, 0.29) is 29.3 Å². The molecule has 1 aliphatic rings. The highest BCUT2D eigenvalue weighted by atomic mass is 32.2. The molecular weight excluding hydrogens is 471 g/mol. The summed E-state index contributed by atoms with van der Waals surface area (Å²) in [6, 6.07) is 14.1. The maximum atomic E-state index is 13.5. The molecule has 0 radical (unpaired) electrons. The van der Waals surface area contributed by atoms with Crippen molar-refractivity contribution in [3.8, 4) is 17.0 Å². The van der Waals surface area contributed by atoms with Crippen LogP contribution in [0.5, 0.6) is 5.75 Å². The fourth-order valence-corrected chi connectivity index (χ4v) is 6.07.